The van der Waals surface area contributed by atoms with E-state index in [1.165, 1.54) is 7.11 Å². The molecule has 1 aliphatic rings. The van der Waals surface area contributed by atoms with Gasteiger partial charge in [0.1, 0.15) is 11.6 Å². The second-order valence-corrected chi connectivity index (χ2v) is 7.93. The van der Waals surface area contributed by atoms with Crippen LogP contribution in [0.15, 0.2) is 85.3 Å². The lowest BCUT2D eigenvalue weighted by Gasteiger charge is -2.30. The Balaban J connectivity index is 1.43. The molecule has 2 aromatic heterocycles. The minimum Gasteiger partial charge on any atom is -0.482 e. The van der Waals surface area contributed by atoms with E-state index in [4.69, 9.17) is 9.47 Å². The first kappa shape index (κ1) is 22.1. The summed E-state index contributed by atoms with van der Waals surface area (Å²) in [5, 5.41) is 3.23. The zero-order valence-corrected chi connectivity index (χ0v) is 19.0. The van der Waals surface area contributed by atoms with Crippen LogP contribution >= 0.6 is 0 Å². The summed E-state index contributed by atoms with van der Waals surface area (Å²) in [5.41, 5.74) is 4.68. The lowest BCUT2D eigenvalue weighted by atomic mass is 10.0. The predicted octanol–water partition coefficient (Wildman–Crippen LogP) is 4.60. The Morgan fingerprint density at radius 2 is 1.86 bits per heavy atom. The van der Waals surface area contributed by atoms with Gasteiger partial charge in [-0.1, -0.05) is 12.1 Å². The lowest BCUT2D eigenvalue weighted by Crippen LogP contribution is -2.38. The van der Waals surface area contributed by atoms with Crippen molar-refractivity contribution in [3.63, 3.8) is 0 Å². The number of carbonyl (C=O) groups is 2. The van der Waals surface area contributed by atoms with Crippen LogP contribution in [0.2, 0.25) is 0 Å². The van der Waals surface area contributed by atoms with Crippen LogP contribution < -0.4 is 15.0 Å². The molecule has 4 aromatic rings. The largest absolute Gasteiger partial charge is 0.482 e. The molecule has 8 nitrogen and oxygen atoms in total. The van der Waals surface area contributed by atoms with E-state index in [-0.39, 0.29) is 12.5 Å². The van der Waals surface area contributed by atoms with Crippen LogP contribution in [-0.2, 0) is 16.1 Å². The molecule has 35 heavy (non-hydrogen) atoms. The highest BCUT2D eigenvalue weighted by atomic mass is 16.5. The van der Waals surface area contributed by atoms with Crippen LogP contribution in [0.4, 0.5) is 17.2 Å². The van der Waals surface area contributed by atoms with Crippen LogP contribution in [0, 0.1) is 0 Å². The molecule has 2 aromatic carbocycles. The average Bonchev–Trinajstić information content (AvgIpc) is 2.90. The number of rotatable bonds is 6. The number of aromatic nitrogens is 2. The molecule has 8 heteroatoms. The van der Waals surface area contributed by atoms with Gasteiger partial charge in [0.2, 0.25) is 0 Å². The Hall–Kier alpha value is -4.72. The Labute approximate surface area is 202 Å². The molecule has 0 radical (unpaired) electrons. The fourth-order valence-electron chi connectivity index (χ4n) is 3.89. The molecular weight excluding hydrogens is 444 g/mol. The molecule has 0 saturated heterocycles. The molecule has 1 aliphatic heterocycles. The van der Waals surface area contributed by atoms with Crippen molar-refractivity contribution in [2.75, 3.05) is 23.9 Å². The summed E-state index contributed by atoms with van der Waals surface area (Å²) in [5.74, 6) is 0.768. The highest BCUT2D eigenvalue weighted by Gasteiger charge is 2.26. The van der Waals surface area contributed by atoms with Gasteiger partial charge in [0.25, 0.3) is 5.91 Å². The quantitative estimate of drug-likeness (QED) is 0.415. The molecular formula is C27H22N4O4. The Morgan fingerprint density at radius 3 is 2.69 bits per heavy atom. The molecule has 3 heterocycles. The van der Waals surface area contributed by atoms with E-state index in [1.807, 2.05) is 48.5 Å². The zero-order chi connectivity index (χ0) is 24.2. The van der Waals surface area contributed by atoms with Crippen molar-refractivity contribution in [3.05, 3.63) is 96.4 Å². The summed E-state index contributed by atoms with van der Waals surface area (Å²) >= 11 is 0. The molecule has 1 N–H and O–H groups in total. The minimum absolute atomic E-state index is 0.00535. The van der Waals surface area contributed by atoms with Crippen LogP contribution in [0.1, 0.15) is 15.9 Å². The third-order valence-electron chi connectivity index (χ3n) is 5.64. The number of ether oxygens (including phenoxy) is 2. The highest BCUT2D eigenvalue weighted by Crippen LogP contribution is 2.37. The van der Waals surface area contributed by atoms with Crippen molar-refractivity contribution in [1.29, 1.82) is 0 Å². The molecule has 0 aliphatic carbocycles. The number of pyridine rings is 2. The van der Waals surface area contributed by atoms with Crippen molar-refractivity contribution in [2.45, 2.75) is 6.54 Å². The average molecular weight is 466 g/mol. The van der Waals surface area contributed by atoms with Gasteiger partial charge in [0.05, 0.1) is 24.9 Å². The first-order chi connectivity index (χ1) is 17.1. The number of fused-ring (bicyclic) bond motifs is 1. The monoisotopic (exact) mass is 466 g/mol. The fraction of sp³-hybridized carbons (Fsp3) is 0.111. The van der Waals surface area contributed by atoms with Crippen LogP contribution in [0.5, 0.6) is 5.75 Å². The minimum atomic E-state index is -0.405. The first-order valence-corrected chi connectivity index (χ1v) is 11.0. The van der Waals surface area contributed by atoms with E-state index < -0.39 is 5.97 Å². The van der Waals surface area contributed by atoms with Crippen molar-refractivity contribution < 1.29 is 19.1 Å². The number of methoxy groups -OCH3 is 1. The van der Waals surface area contributed by atoms with Gasteiger partial charge in [-0.2, -0.15) is 0 Å². The Morgan fingerprint density at radius 1 is 1.03 bits per heavy atom. The third-order valence-corrected chi connectivity index (χ3v) is 5.64. The topological polar surface area (TPSA) is 93.7 Å². The summed E-state index contributed by atoms with van der Waals surface area (Å²) < 4.78 is 10.5. The van der Waals surface area contributed by atoms with Gasteiger partial charge in [-0.05, 0) is 71.3 Å². The number of hydrogen-bond donors (Lipinski definition) is 1. The van der Waals surface area contributed by atoms with E-state index in [0.29, 0.717) is 35.1 Å². The number of esters is 1. The Kier molecular flexibility index (Phi) is 6.09. The van der Waals surface area contributed by atoms with Gasteiger partial charge in [-0.25, -0.2) is 9.78 Å². The molecule has 174 valence electrons. The first-order valence-electron chi connectivity index (χ1n) is 11.0. The number of amides is 1. The summed E-state index contributed by atoms with van der Waals surface area (Å²) in [6.07, 6.45) is 5.13. The number of nitrogens with zero attached hydrogens (tertiary/aromatic N) is 3. The van der Waals surface area contributed by atoms with Crippen molar-refractivity contribution in [2.24, 2.45) is 0 Å². The molecule has 0 unspecified atom stereocenters. The lowest BCUT2D eigenvalue weighted by molar-refractivity contribution is -0.121. The Bertz CT molecular complexity index is 1390. The molecule has 5 rings (SSSR count). The van der Waals surface area contributed by atoms with Gasteiger partial charge in [0, 0.05) is 24.3 Å². The molecule has 0 atom stereocenters. The fourth-order valence-corrected chi connectivity index (χ4v) is 3.89. The van der Waals surface area contributed by atoms with Crippen molar-refractivity contribution >= 4 is 29.1 Å². The molecule has 0 saturated carbocycles. The summed E-state index contributed by atoms with van der Waals surface area (Å²) in [6.45, 7) is 0.437. The van der Waals surface area contributed by atoms with E-state index in [2.05, 4.69) is 15.3 Å². The van der Waals surface area contributed by atoms with Gasteiger partial charge in [0.15, 0.2) is 6.61 Å². The number of carbonyl (C=O) groups excluding carboxylic acids is 2. The number of hydrogen-bond acceptors (Lipinski definition) is 7. The van der Waals surface area contributed by atoms with Crippen LogP contribution in [-0.4, -0.2) is 35.6 Å². The summed E-state index contributed by atoms with van der Waals surface area (Å²) in [7, 11) is 1.35. The van der Waals surface area contributed by atoms with Crippen LogP contribution in [0.25, 0.3) is 11.1 Å². The molecule has 0 fully saturated rings. The third kappa shape index (κ3) is 4.81. The van der Waals surface area contributed by atoms with E-state index >= 15 is 0 Å². The number of anilines is 3. The summed E-state index contributed by atoms with van der Waals surface area (Å²) in [4.78, 5) is 34.7. The molecule has 1 amide bonds. The van der Waals surface area contributed by atoms with E-state index in [1.54, 1.807) is 41.7 Å². The van der Waals surface area contributed by atoms with Gasteiger partial charge < -0.3 is 19.7 Å². The highest BCUT2D eigenvalue weighted by molar-refractivity contribution is 5.98. The SMILES string of the molecule is COC(=O)c1cccc(Nc2cc(-c3ccc4c(c3)N(Cc3ccncc3)C(=O)CO4)ccn2)c1. The maximum atomic E-state index is 12.7. The standard InChI is InChI=1S/C27H22N4O4/c1-34-27(33)21-3-2-4-22(13-21)30-25-15-20(9-12-29-25)19-5-6-24-23(14-19)31(26(32)17-35-24)16-18-7-10-28-11-8-18/h2-15H,16-17H2,1H3,(H,29,30). The molecule has 0 spiro atoms. The zero-order valence-electron chi connectivity index (χ0n) is 19.0. The maximum absolute atomic E-state index is 12.7. The van der Waals surface area contributed by atoms with E-state index in [0.717, 1.165) is 16.7 Å². The summed E-state index contributed by atoms with van der Waals surface area (Å²) in [6, 6.07) is 20.4. The van der Waals surface area contributed by atoms with Crippen molar-refractivity contribution in [1.82, 2.24) is 9.97 Å². The normalized spacial score (nSPS) is 12.5. The second kappa shape index (κ2) is 9.64. The second-order valence-electron chi connectivity index (χ2n) is 7.93. The van der Waals surface area contributed by atoms with Gasteiger partial charge >= 0.3 is 5.97 Å². The molecule has 0 bridgehead atoms. The van der Waals surface area contributed by atoms with Crippen LogP contribution in [0.3, 0.4) is 0 Å². The van der Waals surface area contributed by atoms with Gasteiger partial charge in [-0.15, -0.1) is 0 Å². The smallest absolute Gasteiger partial charge is 0.337 e. The predicted molar refractivity (Wildman–Crippen MR) is 132 cm³/mol. The number of benzene rings is 2. The van der Waals surface area contributed by atoms with Gasteiger partial charge in [-0.3, -0.25) is 9.78 Å². The number of nitrogens with one attached hydrogen (secondary N) is 1. The van der Waals surface area contributed by atoms with Crippen molar-refractivity contribution in [3.8, 4) is 16.9 Å². The van der Waals surface area contributed by atoms with E-state index in [9.17, 15) is 9.59 Å². The maximum Gasteiger partial charge on any atom is 0.337 e.